The number of aromatic nitrogens is 1. The molecule has 2 heteroatoms. The van der Waals surface area contributed by atoms with Crippen molar-refractivity contribution in [1.29, 1.82) is 0 Å². The first-order valence-corrected chi connectivity index (χ1v) is 10.9. The van der Waals surface area contributed by atoms with Gasteiger partial charge < -0.3 is 4.74 Å². The molecule has 0 spiro atoms. The second-order valence-electron chi connectivity index (χ2n) is 7.53. The van der Waals surface area contributed by atoms with Gasteiger partial charge in [0.15, 0.2) is 12.4 Å². The van der Waals surface area contributed by atoms with Crippen LogP contribution in [0.25, 0.3) is 0 Å². The fraction of sp³-hybridized carbons (Fsp3) is 0.783. The third-order valence-electron chi connectivity index (χ3n) is 4.89. The molecule has 144 valence electrons. The number of aryl methyl sites for hydroxylation is 1. The topological polar surface area (TPSA) is 13.1 Å². The summed E-state index contributed by atoms with van der Waals surface area (Å²) in [5.41, 5.74) is 1.28. The van der Waals surface area contributed by atoms with Crippen LogP contribution in [-0.4, -0.2) is 6.61 Å². The highest BCUT2D eigenvalue weighted by Gasteiger charge is 1.99. The zero-order chi connectivity index (χ0) is 18.0. The molecule has 2 nitrogen and oxygen atoms in total. The Kier molecular flexibility index (Phi) is 14.7. The summed E-state index contributed by atoms with van der Waals surface area (Å²) in [4.78, 5) is 0. The van der Waals surface area contributed by atoms with Crippen LogP contribution in [0.15, 0.2) is 24.5 Å². The minimum atomic E-state index is 0.681. The summed E-state index contributed by atoms with van der Waals surface area (Å²) in [5.74, 6) is 0. The van der Waals surface area contributed by atoms with Crippen LogP contribution in [0.2, 0.25) is 0 Å². The predicted octanol–water partition coefficient (Wildman–Crippen LogP) is 6.74. The number of rotatable bonds is 17. The van der Waals surface area contributed by atoms with E-state index in [1.165, 1.54) is 95.5 Å². The molecule has 0 aliphatic rings. The van der Waals surface area contributed by atoms with Crippen LogP contribution in [0.1, 0.15) is 102 Å². The summed E-state index contributed by atoms with van der Waals surface area (Å²) in [6.07, 6.45) is 23.9. The lowest BCUT2D eigenvalue weighted by Crippen LogP contribution is -2.34. The Bertz CT molecular complexity index is 405. The lowest BCUT2D eigenvalue weighted by Gasteiger charge is -2.04. The molecule has 1 aromatic heterocycles. The van der Waals surface area contributed by atoms with Crippen molar-refractivity contribution in [3.63, 3.8) is 0 Å². The van der Waals surface area contributed by atoms with E-state index in [2.05, 4.69) is 42.9 Å². The quantitative estimate of drug-likeness (QED) is 0.224. The summed E-state index contributed by atoms with van der Waals surface area (Å²) in [6.45, 7) is 5.97. The molecule has 0 atom stereocenters. The largest absolute Gasteiger partial charge is 0.323 e. The van der Waals surface area contributed by atoms with Crippen LogP contribution < -0.4 is 4.57 Å². The summed E-state index contributed by atoms with van der Waals surface area (Å²) in [6, 6.07) is 4.19. The molecule has 0 aliphatic heterocycles. The van der Waals surface area contributed by atoms with Gasteiger partial charge in [-0.25, -0.2) is 0 Å². The Morgan fingerprint density at radius 3 is 1.80 bits per heavy atom. The molecule has 1 aromatic rings. The van der Waals surface area contributed by atoms with Crippen LogP contribution in [0.4, 0.5) is 0 Å². The van der Waals surface area contributed by atoms with Gasteiger partial charge in [0.25, 0.3) is 6.73 Å². The molecule has 0 aromatic carbocycles. The van der Waals surface area contributed by atoms with Gasteiger partial charge in [0, 0.05) is 11.6 Å². The normalized spacial score (nSPS) is 11.1. The molecule has 1 rings (SSSR count). The molecule has 0 radical (unpaired) electrons. The molecule has 0 unspecified atom stereocenters. The second kappa shape index (κ2) is 16.6. The maximum Gasteiger partial charge on any atom is 0.252 e. The van der Waals surface area contributed by atoms with Crippen molar-refractivity contribution >= 4 is 0 Å². The van der Waals surface area contributed by atoms with E-state index in [1.807, 2.05) is 0 Å². The van der Waals surface area contributed by atoms with Gasteiger partial charge >= 0.3 is 0 Å². The zero-order valence-electron chi connectivity index (χ0n) is 17.0. The van der Waals surface area contributed by atoms with Crippen molar-refractivity contribution in [2.45, 2.75) is 110 Å². The highest BCUT2D eigenvalue weighted by Crippen LogP contribution is 2.12. The molecule has 0 N–H and O–H groups in total. The summed E-state index contributed by atoms with van der Waals surface area (Å²) >= 11 is 0. The number of unbranched alkanes of at least 4 members (excludes halogenated alkanes) is 13. The van der Waals surface area contributed by atoms with E-state index in [0.29, 0.717) is 6.73 Å². The number of hydrogen-bond donors (Lipinski definition) is 0. The van der Waals surface area contributed by atoms with Gasteiger partial charge in [-0.15, -0.1) is 0 Å². The molecular weight excluding hydrogens is 306 g/mol. The number of pyridine rings is 1. The van der Waals surface area contributed by atoms with Gasteiger partial charge in [0.1, 0.15) is 0 Å². The maximum atomic E-state index is 5.74. The van der Waals surface area contributed by atoms with Crippen LogP contribution >= 0.6 is 0 Å². The molecule has 0 saturated carbocycles. The van der Waals surface area contributed by atoms with Crippen molar-refractivity contribution in [3.8, 4) is 0 Å². The average molecular weight is 349 g/mol. The third kappa shape index (κ3) is 14.0. The van der Waals surface area contributed by atoms with E-state index in [1.54, 1.807) is 0 Å². The van der Waals surface area contributed by atoms with Gasteiger partial charge in [-0.2, -0.15) is 4.57 Å². The van der Waals surface area contributed by atoms with Gasteiger partial charge in [-0.05, 0) is 19.4 Å². The van der Waals surface area contributed by atoms with E-state index < -0.39 is 0 Å². The van der Waals surface area contributed by atoms with Crippen molar-refractivity contribution in [2.75, 3.05) is 6.61 Å². The Morgan fingerprint density at radius 2 is 1.28 bits per heavy atom. The molecule has 0 fully saturated rings. The minimum Gasteiger partial charge on any atom is -0.323 e. The van der Waals surface area contributed by atoms with E-state index in [0.717, 1.165) is 6.61 Å². The predicted molar refractivity (Wildman–Crippen MR) is 108 cm³/mol. The first-order valence-electron chi connectivity index (χ1n) is 10.9. The van der Waals surface area contributed by atoms with E-state index in [4.69, 9.17) is 4.74 Å². The third-order valence-corrected chi connectivity index (χ3v) is 4.89. The molecule has 0 amide bonds. The molecule has 1 heterocycles. The monoisotopic (exact) mass is 348 g/mol. The van der Waals surface area contributed by atoms with Crippen LogP contribution in [0, 0.1) is 6.92 Å². The van der Waals surface area contributed by atoms with Crippen LogP contribution in [0.3, 0.4) is 0 Å². The Hall–Kier alpha value is -0.890. The fourth-order valence-electron chi connectivity index (χ4n) is 3.30. The van der Waals surface area contributed by atoms with E-state index >= 15 is 0 Å². The summed E-state index contributed by atoms with van der Waals surface area (Å²) in [7, 11) is 0. The van der Waals surface area contributed by atoms with Crippen LogP contribution in [-0.2, 0) is 11.5 Å². The number of hydrogen-bond acceptors (Lipinski definition) is 1. The molecule has 25 heavy (non-hydrogen) atoms. The molecule has 0 bridgehead atoms. The molecule has 0 aliphatic carbocycles. The lowest BCUT2D eigenvalue weighted by atomic mass is 10.0. The number of nitrogens with zero attached hydrogens (tertiary/aromatic N) is 1. The second-order valence-corrected chi connectivity index (χ2v) is 7.53. The van der Waals surface area contributed by atoms with Gasteiger partial charge in [-0.1, -0.05) is 90.4 Å². The standard InChI is InChI=1S/C23H42NO/c1-3-4-5-6-7-8-9-10-11-12-13-14-15-16-20-25-22-24-19-17-18-23(2)21-24/h17-19,21H,3-16,20,22H2,1-2H3/q+1. The Morgan fingerprint density at radius 1 is 0.760 bits per heavy atom. The SMILES string of the molecule is CCCCCCCCCCCCCCCCOC[n+]1cccc(C)c1. The van der Waals surface area contributed by atoms with E-state index in [-0.39, 0.29) is 0 Å². The zero-order valence-corrected chi connectivity index (χ0v) is 17.0. The Labute approximate surface area is 157 Å². The van der Waals surface area contributed by atoms with Gasteiger partial charge in [-0.3, -0.25) is 0 Å². The van der Waals surface area contributed by atoms with Gasteiger partial charge in [0.05, 0.1) is 6.61 Å². The summed E-state index contributed by atoms with van der Waals surface area (Å²) in [5, 5.41) is 0. The van der Waals surface area contributed by atoms with Crippen molar-refractivity contribution in [3.05, 3.63) is 30.1 Å². The smallest absolute Gasteiger partial charge is 0.252 e. The number of ether oxygens (including phenoxy) is 1. The van der Waals surface area contributed by atoms with Crippen LogP contribution in [0.5, 0.6) is 0 Å². The van der Waals surface area contributed by atoms with Crippen molar-refractivity contribution in [1.82, 2.24) is 0 Å². The first kappa shape index (κ1) is 22.2. The minimum absolute atomic E-state index is 0.681. The van der Waals surface area contributed by atoms with E-state index in [9.17, 15) is 0 Å². The summed E-state index contributed by atoms with van der Waals surface area (Å²) < 4.78 is 7.85. The Balaban J connectivity index is 1.75. The average Bonchev–Trinajstić information content (AvgIpc) is 2.61. The first-order chi connectivity index (χ1) is 12.3. The highest BCUT2D eigenvalue weighted by molar-refractivity contribution is 5.01. The molecule has 0 saturated heterocycles. The van der Waals surface area contributed by atoms with Crippen molar-refractivity contribution < 1.29 is 9.30 Å². The highest BCUT2D eigenvalue weighted by atomic mass is 16.5. The fourth-order valence-corrected chi connectivity index (χ4v) is 3.30. The van der Waals surface area contributed by atoms with Gasteiger partial charge in [0.2, 0.25) is 0 Å². The maximum absolute atomic E-state index is 5.74. The molecular formula is C23H42NO+. The lowest BCUT2D eigenvalue weighted by molar-refractivity contribution is -0.733. The van der Waals surface area contributed by atoms with Crippen molar-refractivity contribution in [2.24, 2.45) is 0 Å².